The van der Waals surface area contributed by atoms with Crippen LogP contribution in [-0.2, 0) is 18.7 Å². The van der Waals surface area contributed by atoms with Gasteiger partial charge in [0, 0.05) is 28.7 Å². The lowest BCUT2D eigenvalue weighted by atomic mass is 10.1. The molecule has 0 saturated heterocycles. The zero-order valence-corrected chi connectivity index (χ0v) is 21.6. The molecule has 0 atom stereocenters. The summed E-state index contributed by atoms with van der Waals surface area (Å²) in [6, 6.07) is 15.3. The highest BCUT2D eigenvalue weighted by Gasteiger charge is 2.26. The monoisotopic (exact) mass is 523 g/mol. The lowest BCUT2D eigenvalue weighted by Crippen LogP contribution is -2.27. The third-order valence-corrected chi connectivity index (χ3v) is 8.73. The van der Waals surface area contributed by atoms with E-state index in [0.29, 0.717) is 10.8 Å². The van der Waals surface area contributed by atoms with Gasteiger partial charge in [0.1, 0.15) is 10.6 Å². The number of thiophene rings is 1. The van der Waals surface area contributed by atoms with Crippen molar-refractivity contribution in [3.8, 4) is 11.4 Å². The zero-order valence-electron chi connectivity index (χ0n) is 19.2. The number of halogens is 1. The van der Waals surface area contributed by atoms with Crippen molar-refractivity contribution in [2.45, 2.75) is 23.9 Å². The number of likely N-dealkylation sites (N-methyl/N-ethyl adjacent to an activating group) is 1. The van der Waals surface area contributed by atoms with Crippen LogP contribution in [0.25, 0.3) is 21.7 Å². The van der Waals surface area contributed by atoms with E-state index in [-0.39, 0.29) is 5.56 Å². The van der Waals surface area contributed by atoms with Crippen molar-refractivity contribution >= 4 is 50.7 Å². The number of benzene rings is 2. The number of methoxy groups -OCH3 is 1. The van der Waals surface area contributed by atoms with Crippen molar-refractivity contribution in [3.05, 3.63) is 79.9 Å². The van der Waals surface area contributed by atoms with E-state index >= 15 is 0 Å². The fourth-order valence-corrected chi connectivity index (χ4v) is 6.96. The van der Waals surface area contributed by atoms with E-state index in [2.05, 4.69) is 22.1 Å². The second kappa shape index (κ2) is 8.98. The molecule has 0 radical (unpaired) electrons. The van der Waals surface area contributed by atoms with E-state index in [1.807, 2.05) is 40.8 Å². The Kier molecular flexibility index (Phi) is 5.80. The Balaban J connectivity index is 1.54. The largest absolute Gasteiger partial charge is 0.497 e. The standard InChI is InChI=1S/C25H22ClN5O2S2/c1-29-12-11-19-20(13-29)35-23-21(19)22(32)30(17-7-5-16(26)6-8-17)24-27-28-25(31(23)24)34-14-15-3-9-18(33-2)10-4-15/h3-10H,11-14H2,1-2H3. The smallest absolute Gasteiger partial charge is 0.268 e. The molecule has 0 amide bonds. The minimum Gasteiger partial charge on any atom is -0.497 e. The normalized spacial score (nSPS) is 14.0. The number of aromatic nitrogens is 4. The highest BCUT2D eigenvalue weighted by molar-refractivity contribution is 7.98. The SMILES string of the molecule is COc1ccc(CSc2nnc3n(-c4ccc(Cl)cc4)c(=O)c4c5c(sc4n23)CN(C)CC5)cc1. The summed E-state index contributed by atoms with van der Waals surface area (Å²) in [5.41, 5.74) is 2.97. The topological polar surface area (TPSA) is 64.7 Å². The van der Waals surface area contributed by atoms with Gasteiger partial charge in [-0.25, -0.2) is 8.97 Å². The second-order valence-electron chi connectivity index (χ2n) is 8.54. The van der Waals surface area contributed by atoms with Crippen LogP contribution in [0.3, 0.4) is 0 Å². The fourth-order valence-electron chi connectivity index (χ4n) is 4.47. The van der Waals surface area contributed by atoms with E-state index < -0.39 is 0 Å². The highest BCUT2D eigenvalue weighted by atomic mass is 35.5. The summed E-state index contributed by atoms with van der Waals surface area (Å²) in [4.78, 5) is 18.4. The molecule has 10 heteroatoms. The number of hydrogen-bond acceptors (Lipinski definition) is 7. The summed E-state index contributed by atoms with van der Waals surface area (Å²) >= 11 is 9.41. The molecule has 1 aliphatic rings. The van der Waals surface area contributed by atoms with Crippen LogP contribution in [0, 0.1) is 0 Å². The Morgan fingerprint density at radius 2 is 1.89 bits per heavy atom. The molecule has 0 saturated carbocycles. The Labute approximate surface area is 214 Å². The van der Waals surface area contributed by atoms with Gasteiger partial charge in [0.25, 0.3) is 5.56 Å². The Morgan fingerprint density at radius 1 is 1.11 bits per heavy atom. The molecule has 178 valence electrons. The molecule has 1 aliphatic heterocycles. The van der Waals surface area contributed by atoms with Crippen LogP contribution in [0.4, 0.5) is 0 Å². The summed E-state index contributed by atoms with van der Waals surface area (Å²) in [5.74, 6) is 2.06. The van der Waals surface area contributed by atoms with Crippen LogP contribution < -0.4 is 10.3 Å². The van der Waals surface area contributed by atoms with Crippen LogP contribution >= 0.6 is 34.7 Å². The molecule has 35 heavy (non-hydrogen) atoms. The molecule has 3 aromatic heterocycles. The maximum absolute atomic E-state index is 13.9. The van der Waals surface area contributed by atoms with Gasteiger partial charge in [0.15, 0.2) is 5.16 Å². The van der Waals surface area contributed by atoms with Crippen molar-refractivity contribution < 1.29 is 4.74 Å². The van der Waals surface area contributed by atoms with Gasteiger partial charge >= 0.3 is 0 Å². The van der Waals surface area contributed by atoms with Crippen molar-refractivity contribution in [3.63, 3.8) is 0 Å². The van der Waals surface area contributed by atoms with E-state index in [9.17, 15) is 4.79 Å². The van der Waals surface area contributed by atoms with Crippen molar-refractivity contribution in [2.24, 2.45) is 0 Å². The van der Waals surface area contributed by atoms with E-state index in [1.54, 1.807) is 46.9 Å². The van der Waals surface area contributed by atoms with Crippen LogP contribution in [0.5, 0.6) is 5.75 Å². The van der Waals surface area contributed by atoms with Crippen LogP contribution in [0.1, 0.15) is 16.0 Å². The van der Waals surface area contributed by atoms with Gasteiger partial charge in [-0.3, -0.25) is 4.79 Å². The molecule has 6 rings (SSSR count). The summed E-state index contributed by atoms with van der Waals surface area (Å²) in [6.07, 6.45) is 0.851. The predicted octanol–water partition coefficient (Wildman–Crippen LogP) is 5.04. The van der Waals surface area contributed by atoms with Crippen LogP contribution in [0.15, 0.2) is 58.5 Å². The number of nitrogens with zero attached hydrogens (tertiary/aromatic N) is 5. The summed E-state index contributed by atoms with van der Waals surface area (Å²) in [6.45, 7) is 1.77. The molecular formula is C25H22ClN5O2S2. The number of thioether (sulfide) groups is 1. The first-order chi connectivity index (χ1) is 17.0. The number of ether oxygens (including phenoxy) is 1. The average molecular weight is 524 g/mol. The quantitative estimate of drug-likeness (QED) is 0.301. The first-order valence-electron chi connectivity index (χ1n) is 11.2. The fraction of sp³-hybridized carbons (Fsp3) is 0.240. The van der Waals surface area contributed by atoms with Crippen LogP contribution in [0.2, 0.25) is 5.02 Å². The van der Waals surface area contributed by atoms with Gasteiger partial charge in [-0.1, -0.05) is 35.5 Å². The lowest BCUT2D eigenvalue weighted by molar-refractivity contribution is 0.318. The average Bonchev–Trinajstić information content (AvgIpc) is 3.45. The van der Waals surface area contributed by atoms with E-state index in [1.165, 1.54) is 4.88 Å². The van der Waals surface area contributed by atoms with E-state index in [0.717, 1.165) is 63.2 Å². The van der Waals surface area contributed by atoms with Crippen molar-refractivity contribution in [1.82, 2.24) is 24.1 Å². The molecule has 4 heterocycles. The van der Waals surface area contributed by atoms with Gasteiger partial charge in [0.2, 0.25) is 5.78 Å². The zero-order chi connectivity index (χ0) is 24.1. The molecule has 5 aromatic rings. The Hall–Kier alpha value is -2.85. The molecule has 0 N–H and O–H groups in total. The van der Waals surface area contributed by atoms with Gasteiger partial charge < -0.3 is 9.64 Å². The molecule has 0 unspecified atom stereocenters. The van der Waals surface area contributed by atoms with Gasteiger partial charge in [0.05, 0.1) is 18.2 Å². The number of hydrogen-bond donors (Lipinski definition) is 0. The molecule has 0 aliphatic carbocycles. The molecule has 0 fully saturated rings. The van der Waals surface area contributed by atoms with Crippen molar-refractivity contribution in [1.29, 1.82) is 0 Å². The number of rotatable bonds is 5. The summed E-state index contributed by atoms with van der Waals surface area (Å²) in [7, 11) is 3.78. The maximum atomic E-state index is 13.9. The Morgan fingerprint density at radius 3 is 2.63 bits per heavy atom. The second-order valence-corrected chi connectivity index (χ2v) is 11.0. The van der Waals surface area contributed by atoms with E-state index in [4.69, 9.17) is 16.3 Å². The molecule has 7 nitrogen and oxygen atoms in total. The third kappa shape index (κ3) is 3.92. The summed E-state index contributed by atoms with van der Waals surface area (Å²) in [5, 5.41) is 11.2. The van der Waals surface area contributed by atoms with Crippen LogP contribution in [-0.4, -0.2) is 44.8 Å². The first-order valence-corrected chi connectivity index (χ1v) is 13.4. The minimum atomic E-state index is -0.0593. The number of fused-ring (bicyclic) bond motifs is 5. The molecule has 0 bridgehead atoms. The Bertz CT molecular complexity index is 1610. The summed E-state index contributed by atoms with van der Waals surface area (Å²) < 4.78 is 8.98. The highest BCUT2D eigenvalue weighted by Crippen LogP contribution is 2.36. The first kappa shape index (κ1) is 22.6. The van der Waals surface area contributed by atoms with Gasteiger partial charge in [-0.05, 0) is 61.0 Å². The molecular weight excluding hydrogens is 502 g/mol. The van der Waals surface area contributed by atoms with Gasteiger partial charge in [-0.2, -0.15) is 0 Å². The lowest BCUT2D eigenvalue weighted by Gasteiger charge is -2.21. The predicted molar refractivity (Wildman–Crippen MR) is 142 cm³/mol. The van der Waals surface area contributed by atoms with Crippen molar-refractivity contribution in [2.75, 3.05) is 20.7 Å². The molecule has 2 aromatic carbocycles. The maximum Gasteiger partial charge on any atom is 0.268 e. The molecule has 0 spiro atoms. The van der Waals surface area contributed by atoms with Gasteiger partial charge in [-0.15, -0.1) is 21.5 Å². The minimum absolute atomic E-state index is 0.0593. The third-order valence-electron chi connectivity index (χ3n) is 6.28.